The molecule has 1 heterocycles. The molecule has 2 nitrogen and oxygen atoms in total. The third-order valence-electron chi connectivity index (χ3n) is 2.81. The molecular formula is C13H27NO. The van der Waals surface area contributed by atoms with Gasteiger partial charge in [0, 0.05) is 19.6 Å². The molecule has 0 aromatic heterocycles. The number of hydrogen-bond donors (Lipinski definition) is 0. The summed E-state index contributed by atoms with van der Waals surface area (Å²) in [5.41, 5.74) is 0.649. The lowest BCUT2D eigenvalue weighted by molar-refractivity contribution is -0.0850. The highest BCUT2D eigenvalue weighted by molar-refractivity contribution is 4.83. The summed E-state index contributed by atoms with van der Waals surface area (Å²) in [4.78, 5) is 2.54. The largest absolute Gasteiger partial charge is 0.375 e. The highest BCUT2D eigenvalue weighted by Gasteiger charge is 2.31. The summed E-state index contributed by atoms with van der Waals surface area (Å²) >= 11 is 0. The Hall–Kier alpha value is -0.0800. The summed E-state index contributed by atoms with van der Waals surface area (Å²) in [6, 6.07) is 0. The second kappa shape index (κ2) is 4.42. The molecule has 0 saturated carbocycles. The Balaban J connectivity index is 2.50. The van der Waals surface area contributed by atoms with Crippen molar-refractivity contribution in [2.24, 2.45) is 10.8 Å². The van der Waals surface area contributed by atoms with Crippen molar-refractivity contribution >= 4 is 0 Å². The zero-order chi connectivity index (χ0) is 11.7. The second-order valence-electron chi connectivity index (χ2n) is 7.02. The maximum absolute atomic E-state index is 5.85. The molecule has 15 heavy (non-hydrogen) atoms. The molecule has 1 saturated heterocycles. The molecule has 0 amide bonds. The first-order valence-electron chi connectivity index (χ1n) is 6.02. The van der Waals surface area contributed by atoms with Gasteiger partial charge in [-0.1, -0.05) is 41.5 Å². The van der Waals surface area contributed by atoms with E-state index in [2.05, 4.69) is 46.4 Å². The molecule has 2 heteroatoms. The van der Waals surface area contributed by atoms with E-state index in [1.54, 1.807) is 0 Å². The Bertz CT molecular complexity index is 200. The van der Waals surface area contributed by atoms with E-state index in [9.17, 15) is 0 Å². The zero-order valence-electron chi connectivity index (χ0n) is 11.3. The number of ether oxygens (including phenoxy) is 1. The normalized spacial score (nSPS) is 25.6. The van der Waals surface area contributed by atoms with Crippen molar-refractivity contribution in [3.63, 3.8) is 0 Å². The molecule has 0 aromatic carbocycles. The third-order valence-corrected chi connectivity index (χ3v) is 2.81. The highest BCUT2D eigenvalue weighted by Crippen LogP contribution is 2.26. The van der Waals surface area contributed by atoms with Gasteiger partial charge < -0.3 is 4.74 Å². The fourth-order valence-corrected chi connectivity index (χ4v) is 2.04. The van der Waals surface area contributed by atoms with Crippen molar-refractivity contribution in [1.29, 1.82) is 0 Å². The number of nitrogens with zero attached hydrogens (tertiary/aromatic N) is 1. The van der Waals surface area contributed by atoms with Crippen molar-refractivity contribution < 1.29 is 4.74 Å². The SMILES string of the molecule is CC(C)(C)CN1CCOC(C(C)(C)C)C1. The second-order valence-corrected chi connectivity index (χ2v) is 7.02. The van der Waals surface area contributed by atoms with Gasteiger partial charge in [0.2, 0.25) is 0 Å². The van der Waals surface area contributed by atoms with Crippen molar-refractivity contribution in [3.8, 4) is 0 Å². The van der Waals surface area contributed by atoms with Gasteiger partial charge in [0.15, 0.2) is 0 Å². The highest BCUT2D eigenvalue weighted by atomic mass is 16.5. The molecule has 0 radical (unpaired) electrons. The standard InChI is InChI=1S/C13H27NO/c1-12(2,3)10-14-7-8-15-11(9-14)13(4,5)6/h11H,7-10H2,1-6H3. The van der Waals surface area contributed by atoms with Crippen molar-refractivity contribution in [2.75, 3.05) is 26.2 Å². The maximum Gasteiger partial charge on any atom is 0.0750 e. The van der Waals surface area contributed by atoms with Crippen LogP contribution in [0.2, 0.25) is 0 Å². The summed E-state index contributed by atoms with van der Waals surface area (Å²) in [7, 11) is 0. The molecule has 1 aliphatic rings. The molecule has 90 valence electrons. The van der Waals surface area contributed by atoms with Crippen LogP contribution in [0.15, 0.2) is 0 Å². The van der Waals surface area contributed by atoms with E-state index < -0.39 is 0 Å². The Labute approximate surface area is 95.0 Å². The fraction of sp³-hybridized carbons (Fsp3) is 1.00. The summed E-state index contributed by atoms with van der Waals surface area (Å²) < 4.78 is 5.85. The van der Waals surface area contributed by atoms with E-state index in [4.69, 9.17) is 4.74 Å². The summed E-state index contributed by atoms with van der Waals surface area (Å²) in [6.45, 7) is 17.9. The topological polar surface area (TPSA) is 12.5 Å². The molecular weight excluding hydrogens is 186 g/mol. The van der Waals surface area contributed by atoms with Crippen molar-refractivity contribution in [3.05, 3.63) is 0 Å². The molecule has 0 spiro atoms. The Morgan fingerprint density at radius 2 is 1.73 bits per heavy atom. The molecule has 1 atom stereocenters. The van der Waals surface area contributed by atoms with Gasteiger partial charge in [-0.05, 0) is 10.8 Å². The predicted molar refractivity (Wildman–Crippen MR) is 65.1 cm³/mol. The van der Waals surface area contributed by atoms with Crippen LogP contribution in [0.3, 0.4) is 0 Å². The summed E-state index contributed by atoms with van der Waals surface area (Å²) in [5, 5.41) is 0. The van der Waals surface area contributed by atoms with Gasteiger partial charge in [-0.25, -0.2) is 0 Å². The number of hydrogen-bond acceptors (Lipinski definition) is 2. The lowest BCUT2D eigenvalue weighted by atomic mass is 9.87. The summed E-state index contributed by atoms with van der Waals surface area (Å²) in [6.07, 6.45) is 0.383. The van der Waals surface area contributed by atoms with Crippen LogP contribution in [0.4, 0.5) is 0 Å². The minimum Gasteiger partial charge on any atom is -0.375 e. The lowest BCUT2D eigenvalue weighted by Gasteiger charge is -2.41. The van der Waals surface area contributed by atoms with Gasteiger partial charge >= 0.3 is 0 Å². The maximum atomic E-state index is 5.85. The lowest BCUT2D eigenvalue weighted by Crippen LogP contribution is -2.50. The molecule has 1 aliphatic heterocycles. The van der Waals surface area contributed by atoms with E-state index in [-0.39, 0.29) is 5.41 Å². The zero-order valence-corrected chi connectivity index (χ0v) is 11.3. The Morgan fingerprint density at radius 3 is 2.20 bits per heavy atom. The van der Waals surface area contributed by atoms with Crippen LogP contribution in [-0.4, -0.2) is 37.2 Å². The molecule has 0 N–H and O–H groups in total. The van der Waals surface area contributed by atoms with Gasteiger partial charge in [0.05, 0.1) is 12.7 Å². The first-order chi connectivity index (χ1) is 6.68. The van der Waals surface area contributed by atoms with Gasteiger partial charge in [-0.15, -0.1) is 0 Å². The molecule has 0 aliphatic carbocycles. The molecule has 0 bridgehead atoms. The van der Waals surface area contributed by atoms with E-state index in [0.29, 0.717) is 11.5 Å². The van der Waals surface area contributed by atoms with E-state index in [0.717, 1.165) is 19.7 Å². The van der Waals surface area contributed by atoms with Gasteiger partial charge in [0.1, 0.15) is 0 Å². The third kappa shape index (κ3) is 4.52. The smallest absolute Gasteiger partial charge is 0.0750 e. The van der Waals surface area contributed by atoms with E-state index in [1.165, 1.54) is 6.54 Å². The van der Waals surface area contributed by atoms with E-state index >= 15 is 0 Å². The predicted octanol–water partition coefficient (Wildman–Crippen LogP) is 2.78. The molecule has 1 unspecified atom stereocenters. The minimum absolute atomic E-state index is 0.260. The minimum atomic E-state index is 0.260. The van der Waals surface area contributed by atoms with Crippen LogP contribution in [0.1, 0.15) is 41.5 Å². The van der Waals surface area contributed by atoms with Gasteiger partial charge in [-0.3, -0.25) is 4.90 Å². The van der Waals surface area contributed by atoms with Crippen LogP contribution >= 0.6 is 0 Å². The quantitative estimate of drug-likeness (QED) is 0.664. The average Bonchev–Trinajstić information content (AvgIpc) is 1.99. The monoisotopic (exact) mass is 213 g/mol. The molecule has 1 fully saturated rings. The molecule has 1 rings (SSSR count). The van der Waals surface area contributed by atoms with E-state index in [1.807, 2.05) is 0 Å². The fourth-order valence-electron chi connectivity index (χ4n) is 2.04. The Kier molecular flexibility index (Phi) is 3.83. The average molecular weight is 213 g/mol. The first kappa shape index (κ1) is 13.0. The van der Waals surface area contributed by atoms with Crippen LogP contribution in [0.5, 0.6) is 0 Å². The van der Waals surface area contributed by atoms with Crippen molar-refractivity contribution in [2.45, 2.75) is 47.6 Å². The number of rotatable bonds is 1. The summed E-state index contributed by atoms with van der Waals surface area (Å²) in [5.74, 6) is 0. The first-order valence-corrected chi connectivity index (χ1v) is 6.02. The van der Waals surface area contributed by atoms with Crippen LogP contribution in [0.25, 0.3) is 0 Å². The number of morpholine rings is 1. The van der Waals surface area contributed by atoms with Gasteiger partial charge in [0.25, 0.3) is 0 Å². The van der Waals surface area contributed by atoms with Gasteiger partial charge in [-0.2, -0.15) is 0 Å². The van der Waals surface area contributed by atoms with Crippen LogP contribution in [-0.2, 0) is 4.74 Å². The van der Waals surface area contributed by atoms with Crippen molar-refractivity contribution in [1.82, 2.24) is 4.90 Å². The Morgan fingerprint density at radius 1 is 1.13 bits per heavy atom. The van der Waals surface area contributed by atoms with Crippen LogP contribution in [0, 0.1) is 10.8 Å². The molecule has 0 aromatic rings. The van der Waals surface area contributed by atoms with Crippen LogP contribution < -0.4 is 0 Å².